The Bertz CT molecular complexity index is 395. The van der Waals surface area contributed by atoms with Gasteiger partial charge in [0.2, 0.25) is 0 Å². The van der Waals surface area contributed by atoms with Gasteiger partial charge in [-0.05, 0) is 47.5 Å². The van der Waals surface area contributed by atoms with Gasteiger partial charge >= 0.3 is 0 Å². The molecule has 0 aliphatic carbocycles. The fraction of sp³-hybridized carbons (Fsp3) is 0.500. The van der Waals surface area contributed by atoms with Gasteiger partial charge in [0.15, 0.2) is 0 Å². The summed E-state index contributed by atoms with van der Waals surface area (Å²) in [6, 6.07) is 5.00. The largest absolute Gasteiger partial charge is 0.365 e. The Morgan fingerprint density at radius 3 is 3.00 bits per heavy atom. The van der Waals surface area contributed by atoms with E-state index in [1.54, 1.807) is 0 Å². The zero-order valence-electron chi connectivity index (χ0n) is 9.66. The average Bonchev–Trinajstić information content (AvgIpc) is 2.22. The first-order valence-corrected chi connectivity index (χ1v) is 7.31. The van der Waals surface area contributed by atoms with E-state index in [-0.39, 0.29) is 0 Å². The highest BCUT2D eigenvalue weighted by molar-refractivity contribution is 9.10. The van der Waals surface area contributed by atoms with Crippen LogP contribution in [-0.4, -0.2) is 24.9 Å². The fourth-order valence-electron chi connectivity index (χ4n) is 2.08. The van der Waals surface area contributed by atoms with Crippen molar-refractivity contribution in [2.75, 3.05) is 23.7 Å². The van der Waals surface area contributed by atoms with E-state index in [0.717, 1.165) is 12.3 Å². The fourth-order valence-corrected chi connectivity index (χ4v) is 4.25. The van der Waals surface area contributed by atoms with Gasteiger partial charge in [-0.1, -0.05) is 0 Å². The average molecular weight is 301 g/mol. The first kappa shape index (κ1) is 12.3. The normalized spacial score (nSPS) is 19.8. The van der Waals surface area contributed by atoms with Gasteiger partial charge in [-0.25, -0.2) is 0 Å². The molecule has 88 valence electrons. The van der Waals surface area contributed by atoms with Crippen molar-refractivity contribution < 1.29 is 0 Å². The predicted molar refractivity (Wildman–Crippen MR) is 75.5 cm³/mol. The van der Waals surface area contributed by atoms with Gasteiger partial charge in [-0.3, -0.25) is 0 Å². The summed E-state index contributed by atoms with van der Waals surface area (Å²) in [4.78, 5) is 3.79. The first-order chi connectivity index (χ1) is 7.63. The molecule has 2 nitrogen and oxygen atoms in total. The molecule has 1 atom stereocenters. The molecule has 1 unspecified atom stereocenters. The zero-order valence-corrected chi connectivity index (χ0v) is 12.1. The van der Waals surface area contributed by atoms with E-state index in [1.165, 1.54) is 20.6 Å². The van der Waals surface area contributed by atoms with Crippen molar-refractivity contribution in [3.63, 3.8) is 0 Å². The predicted octanol–water partition coefficient (Wildman–Crippen LogP) is 3.02. The number of aryl methyl sites for hydroxylation is 1. The lowest BCUT2D eigenvalue weighted by Crippen LogP contribution is -2.41. The van der Waals surface area contributed by atoms with Crippen LogP contribution in [0.4, 0.5) is 5.69 Å². The summed E-state index contributed by atoms with van der Waals surface area (Å²) in [5.41, 5.74) is 8.32. The number of thioether (sulfide) groups is 1. The van der Waals surface area contributed by atoms with Crippen molar-refractivity contribution in [2.45, 2.75) is 24.8 Å². The van der Waals surface area contributed by atoms with Crippen LogP contribution in [-0.2, 0) is 0 Å². The lowest BCUT2D eigenvalue weighted by Gasteiger charge is -2.37. The molecular formula is C12H17BrN2S. The number of anilines is 1. The maximum Gasteiger partial charge on any atom is 0.0652 e. The first-order valence-electron chi connectivity index (χ1n) is 5.53. The topological polar surface area (TPSA) is 29.3 Å². The van der Waals surface area contributed by atoms with Gasteiger partial charge in [-0.2, -0.15) is 0 Å². The summed E-state index contributed by atoms with van der Waals surface area (Å²) in [6.45, 7) is 6.03. The molecular weight excluding hydrogens is 284 g/mol. The number of benzene rings is 1. The van der Waals surface area contributed by atoms with Crippen LogP contribution in [0.1, 0.15) is 12.5 Å². The third-order valence-corrected chi connectivity index (χ3v) is 4.72. The SMILES string of the molecule is Cc1cc(Br)c2c(c1)SCC(C)N2CCN. The van der Waals surface area contributed by atoms with Crippen LogP contribution < -0.4 is 10.6 Å². The molecule has 4 heteroatoms. The van der Waals surface area contributed by atoms with Gasteiger partial charge in [0.25, 0.3) is 0 Å². The molecule has 2 rings (SSSR count). The van der Waals surface area contributed by atoms with Crippen LogP contribution >= 0.6 is 27.7 Å². The van der Waals surface area contributed by atoms with Crippen molar-refractivity contribution in [2.24, 2.45) is 5.73 Å². The Balaban J connectivity index is 2.45. The molecule has 1 aromatic rings. The minimum Gasteiger partial charge on any atom is -0.365 e. The smallest absolute Gasteiger partial charge is 0.0652 e. The zero-order chi connectivity index (χ0) is 11.7. The highest BCUT2D eigenvalue weighted by atomic mass is 79.9. The minimum absolute atomic E-state index is 0.556. The molecule has 0 saturated heterocycles. The van der Waals surface area contributed by atoms with Crippen molar-refractivity contribution in [1.29, 1.82) is 0 Å². The van der Waals surface area contributed by atoms with Crippen LogP contribution in [0.3, 0.4) is 0 Å². The molecule has 0 radical (unpaired) electrons. The van der Waals surface area contributed by atoms with E-state index in [4.69, 9.17) is 5.73 Å². The number of hydrogen-bond acceptors (Lipinski definition) is 3. The van der Waals surface area contributed by atoms with Crippen molar-refractivity contribution in [3.05, 3.63) is 22.2 Å². The monoisotopic (exact) mass is 300 g/mol. The number of nitrogens with zero attached hydrogens (tertiary/aromatic N) is 1. The summed E-state index contributed by atoms with van der Waals surface area (Å²) >= 11 is 5.62. The van der Waals surface area contributed by atoms with E-state index in [9.17, 15) is 0 Å². The third-order valence-electron chi connectivity index (χ3n) is 2.84. The molecule has 1 aromatic carbocycles. The molecule has 0 saturated carbocycles. The molecule has 2 N–H and O–H groups in total. The highest BCUT2D eigenvalue weighted by Gasteiger charge is 2.25. The molecule has 1 aliphatic heterocycles. The van der Waals surface area contributed by atoms with Crippen molar-refractivity contribution in [3.8, 4) is 0 Å². The van der Waals surface area contributed by atoms with E-state index in [0.29, 0.717) is 12.6 Å². The molecule has 1 heterocycles. The van der Waals surface area contributed by atoms with Gasteiger partial charge < -0.3 is 10.6 Å². The Kier molecular flexibility index (Phi) is 3.82. The number of halogens is 1. The summed E-state index contributed by atoms with van der Waals surface area (Å²) < 4.78 is 1.19. The van der Waals surface area contributed by atoms with Gasteiger partial charge in [0, 0.05) is 34.3 Å². The van der Waals surface area contributed by atoms with E-state index in [1.807, 2.05) is 11.8 Å². The molecule has 0 aromatic heterocycles. The molecule has 1 aliphatic rings. The lowest BCUT2D eigenvalue weighted by molar-refractivity contribution is 0.676. The maximum absolute atomic E-state index is 5.69. The van der Waals surface area contributed by atoms with Crippen LogP contribution in [0.5, 0.6) is 0 Å². The van der Waals surface area contributed by atoms with Crippen molar-refractivity contribution in [1.82, 2.24) is 0 Å². The van der Waals surface area contributed by atoms with Crippen LogP contribution in [0.15, 0.2) is 21.5 Å². The van der Waals surface area contributed by atoms with Crippen LogP contribution in [0, 0.1) is 6.92 Å². The standard InChI is InChI=1S/C12H17BrN2S/c1-8-5-10(13)12-11(6-8)16-7-9(2)15(12)4-3-14/h5-6,9H,3-4,7,14H2,1-2H3. The quantitative estimate of drug-likeness (QED) is 0.910. The number of hydrogen-bond donors (Lipinski definition) is 1. The number of fused-ring (bicyclic) bond motifs is 1. The summed E-state index contributed by atoms with van der Waals surface area (Å²) in [5, 5.41) is 0. The summed E-state index contributed by atoms with van der Waals surface area (Å²) in [7, 11) is 0. The Labute approximate surface area is 110 Å². The second-order valence-electron chi connectivity index (χ2n) is 4.24. The second kappa shape index (κ2) is 4.98. The molecule has 0 amide bonds. The van der Waals surface area contributed by atoms with E-state index < -0.39 is 0 Å². The van der Waals surface area contributed by atoms with E-state index >= 15 is 0 Å². The Morgan fingerprint density at radius 1 is 1.56 bits per heavy atom. The van der Waals surface area contributed by atoms with E-state index in [2.05, 4.69) is 46.8 Å². The summed E-state index contributed by atoms with van der Waals surface area (Å²) in [6.07, 6.45) is 0. The van der Waals surface area contributed by atoms with Crippen LogP contribution in [0.25, 0.3) is 0 Å². The lowest BCUT2D eigenvalue weighted by atomic mass is 10.1. The minimum atomic E-state index is 0.556. The summed E-state index contributed by atoms with van der Waals surface area (Å²) in [5.74, 6) is 1.14. The Morgan fingerprint density at radius 2 is 2.31 bits per heavy atom. The molecule has 0 bridgehead atoms. The Hall–Kier alpha value is -0.190. The van der Waals surface area contributed by atoms with Crippen molar-refractivity contribution >= 4 is 33.4 Å². The highest BCUT2D eigenvalue weighted by Crippen LogP contribution is 2.42. The third kappa shape index (κ3) is 2.24. The van der Waals surface area contributed by atoms with Gasteiger partial charge in [-0.15, -0.1) is 11.8 Å². The van der Waals surface area contributed by atoms with Crippen LogP contribution in [0.2, 0.25) is 0 Å². The van der Waals surface area contributed by atoms with Gasteiger partial charge in [0.05, 0.1) is 5.69 Å². The van der Waals surface area contributed by atoms with Gasteiger partial charge in [0.1, 0.15) is 0 Å². The molecule has 16 heavy (non-hydrogen) atoms. The molecule has 0 fully saturated rings. The second-order valence-corrected chi connectivity index (χ2v) is 6.15. The number of nitrogens with two attached hydrogens (primary N) is 1. The molecule has 0 spiro atoms. The maximum atomic E-state index is 5.69. The number of rotatable bonds is 2.